The summed E-state index contributed by atoms with van der Waals surface area (Å²) in [5.74, 6) is 0. The van der Waals surface area contributed by atoms with Gasteiger partial charge in [0.05, 0.1) is 15.5 Å². The highest BCUT2D eigenvalue weighted by molar-refractivity contribution is 7.16. The Kier molecular flexibility index (Phi) is 3.77. The van der Waals surface area contributed by atoms with Gasteiger partial charge in [0.25, 0.3) is 5.56 Å². The van der Waals surface area contributed by atoms with Gasteiger partial charge < -0.3 is 0 Å². The fourth-order valence-corrected chi connectivity index (χ4v) is 4.65. The van der Waals surface area contributed by atoms with E-state index in [1.807, 2.05) is 17.5 Å². The average molecular weight is 349 g/mol. The highest BCUT2D eigenvalue weighted by atomic mass is 35.5. The van der Waals surface area contributed by atoms with E-state index in [1.165, 1.54) is 40.3 Å². The lowest BCUT2D eigenvalue weighted by atomic mass is 10.2. The standard InChI is InChI=1S/C11H6Cl2N2OS3/c12-8-2-1-7(18-8)11(6-4-17-5-14-6)15-10(16)3-9(13)19-15/h1-5,11H. The van der Waals surface area contributed by atoms with Crippen molar-refractivity contribution in [1.29, 1.82) is 0 Å². The third kappa shape index (κ3) is 2.64. The van der Waals surface area contributed by atoms with Gasteiger partial charge >= 0.3 is 0 Å². The molecule has 3 rings (SSSR count). The zero-order chi connectivity index (χ0) is 13.4. The molecule has 1 unspecified atom stereocenters. The van der Waals surface area contributed by atoms with Crippen molar-refractivity contribution in [1.82, 2.24) is 8.94 Å². The van der Waals surface area contributed by atoms with Crippen molar-refractivity contribution in [3.05, 3.63) is 58.7 Å². The van der Waals surface area contributed by atoms with Crippen molar-refractivity contribution in [3.63, 3.8) is 0 Å². The Morgan fingerprint density at radius 2 is 2.11 bits per heavy atom. The maximum atomic E-state index is 12.0. The Labute approximate surface area is 130 Å². The van der Waals surface area contributed by atoms with Crippen LogP contribution in [0.1, 0.15) is 16.6 Å². The Bertz CT molecular complexity index is 744. The van der Waals surface area contributed by atoms with E-state index in [2.05, 4.69) is 4.98 Å². The van der Waals surface area contributed by atoms with E-state index in [-0.39, 0.29) is 11.6 Å². The number of thiophene rings is 1. The molecule has 0 aliphatic heterocycles. The van der Waals surface area contributed by atoms with E-state index >= 15 is 0 Å². The zero-order valence-electron chi connectivity index (χ0n) is 9.25. The maximum absolute atomic E-state index is 12.0. The van der Waals surface area contributed by atoms with Gasteiger partial charge in [0, 0.05) is 16.3 Å². The van der Waals surface area contributed by atoms with Crippen molar-refractivity contribution in [2.45, 2.75) is 6.04 Å². The summed E-state index contributed by atoms with van der Waals surface area (Å²) >= 11 is 16.1. The average Bonchev–Trinajstić information content (AvgIpc) is 3.05. The summed E-state index contributed by atoms with van der Waals surface area (Å²) < 4.78 is 2.78. The van der Waals surface area contributed by atoms with Gasteiger partial charge in [-0.05, 0) is 23.7 Å². The lowest BCUT2D eigenvalue weighted by molar-refractivity contribution is 0.710. The summed E-state index contributed by atoms with van der Waals surface area (Å²) in [7, 11) is 0. The number of hydrogen-bond donors (Lipinski definition) is 0. The molecule has 0 bridgehead atoms. The first kappa shape index (κ1) is 13.3. The van der Waals surface area contributed by atoms with Crippen molar-refractivity contribution in [2.24, 2.45) is 0 Å². The Hall–Kier alpha value is -0.660. The van der Waals surface area contributed by atoms with Crippen LogP contribution >= 0.6 is 57.4 Å². The smallest absolute Gasteiger partial charge is 0.263 e. The highest BCUT2D eigenvalue weighted by Crippen LogP contribution is 2.34. The fraction of sp³-hybridized carbons (Fsp3) is 0.0909. The van der Waals surface area contributed by atoms with E-state index in [4.69, 9.17) is 23.2 Å². The zero-order valence-corrected chi connectivity index (χ0v) is 13.2. The van der Waals surface area contributed by atoms with Crippen LogP contribution in [0.15, 0.2) is 33.9 Å². The van der Waals surface area contributed by atoms with Crippen LogP contribution in [0.5, 0.6) is 0 Å². The molecule has 0 N–H and O–H groups in total. The molecule has 0 amide bonds. The molecule has 1 atom stereocenters. The number of hydrogen-bond acceptors (Lipinski definition) is 5. The summed E-state index contributed by atoms with van der Waals surface area (Å²) in [6, 6.07) is 4.90. The molecular weight excluding hydrogens is 343 g/mol. The molecule has 0 saturated heterocycles. The molecule has 98 valence electrons. The maximum Gasteiger partial charge on any atom is 0.263 e. The molecule has 3 aromatic rings. The molecule has 0 radical (unpaired) electrons. The molecule has 3 nitrogen and oxygen atoms in total. The van der Waals surface area contributed by atoms with Gasteiger partial charge in [0.1, 0.15) is 10.4 Å². The van der Waals surface area contributed by atoms with Gasteiger partial charge in [0.15, 0.2) is 0 Å². The molecule has 0 aliphatic rings. The van der Waals surface area contributed by atoms with Gasteiger partial charge in [-0.2, -0.15) is 0 Å². The first-order valence-corrected chi connectivity index (χ1v) is 8.45. The molecule has 0 fully saturated rings. The van der Waals surface area contributed by atoms with E-state index < -0.39 is 0 Å². The number of nitrogens with zero attached hydrogens (tertiary/aromatic N) is 2. The van der Waals surface area contributed by atoms with Crippen LogP contribution in [0, 0.1) is 0 Å². The summed E-state index contributed by atoms with van der Waals surface area (Å²) in [4.78, 5) is 17.3. The predicted molar refractivity (Wildman–Crippen MR) is 82.3 cm³/mol. The second-order valence-corrected chi connectivity index (χ2v) is 7.77. The summed E-state index contributed by atoms with van der Waals surface area (Å²) in [6.45, 7) is 0. The molecule has 8 heteroatoms. The predicted octanol–water partition coefficient (Wildman–Crippen LogP) is 4.37. The van der Waals surface area contributed by atoms with E-state index in [0.717, 1.165) is 10.6 Å². The lowest BCUT2D eigenvalue weighted by Gasteiger charge is -2.13. The van der Waals surface area contributed by atoms with Crippen LogP contribution in [0.25, 0.3) is 0 Å². The minimum atomic E-state index is -0.256. The third-order valence-electron chi connectivity index (χ3n) is 2.47. The van der Waals surface area contributed by atoms with Crippen LogP contribution in [0.2, 0.25) is 8.67 Å². The highest BCUT2D eigenvalue weighted by Gasteiger charge is 2.23. The molecule has 0 spiro atoms. The minimum Gasteiger partial charge on any atom is -0.268 e. The molecule has 0 saturated carbocycles. The van der Waals surface area contributed by atoms with Crippen molar-refractivity contribution in [2.75, 3.05) is 0 Å². The monoisotopic (exact) mass is 348 g/mol. The van der Waals surface area contributed by atoms with Gasteiger partial charge in [-0.15, -0.1) is 22.7 Å². The Morgan fingerprint density at radius 1 is 1.26 bits per heavy atom. The van der Waals surface area contributed by atoms with Crippen LogP contribution in [0.3, 0.4) is 0 Å². The first-order chi connectivity index (χ1) is 9.15. The number of rotatable bonds is 3. The summed E-state index contributed by atoms with van der Waals surface area (Å²) in [5, 5.41) is 1.93. The first-order valence-electron chi connectivity index (χ1n) is 5.17. The Balaban J connectivity index is 2.17. The van der Waals surface area contributed by atoms with Crippen LogP contribution in [-0.4, -0.2) is 8.94 Å². The minimum absolute atomic E-state index is 0.127. The summed E-state index contributed by atoms with van der Waals surface area (Å²) in [6.07, 6.45) is 0. The van der Waals surface area contributed by atoms with Gasteiger partial charge in [0.2, 0.25) is 0 Å². The van der Waals surface area contributed by atoms with Crippen molar-refractivity contribution < 1.29 is 0 Å². The third-order valence-corrected chi connectivity index (χ3v) is 5.55. The van der Waals surface area contributed by atoms with E-state index in [1.54, 1.807) is 9.47 Å². The van der Waals surface area contributed by atoms with Gasteiger partial charge in [-0.3, -0.25) is 4.79 Å². The van der Waals surface area contributed by atoms with Crippen LogP contribution in [-0.2, 0) is 0 Å². The van der Waals surface area contributed by atoms with E-state index in [9.17, 15) is 4.79 Å². The van der Waals surface area contributed by atoms with E-state index in [0.29, 0.717) is 8.67 Å². The quantitative estimate of drug-likeness (QED) is 0.704. The lowest BCUT2D eigenvalue weighted by Crippen LogP contribution is -2.20. The molecule has 0 aromatic carbocycles. The largest absolute Gasteiger partial charge is 0.268 e. The molecule has 19 heavy (non-hydrogen) atoms. The fourth-order valence-electron chi connectivity index (χ4n) is 1.72. The molecule has 3 aromatic heterocycles. The number of halogens is 2. The van der Waals surface area contributed by atoms with Crippen LogP contribution < -0.4 is 5.56 Å². The summed E-state index contributed by atoms with van der Waals surface area (Å²) in [5.41, 5.74) is 2.44. The van der Waals surface area contributed by atoms with Crippen molar-refractivity contribution >= 4 is 57.4 Å². The van der Waals surface area contributed by atoms with Crippen LogP contribution in [0.4, 0.5) is 0 Å². The molecular formula is C11H6Cl2N2OS3. The second kappa shape index (κ2) is 5.38. The Morgan fingerprint density at radius 3 is 2.63 bits per heavy atom. The van der Waals surface area contributed by atoms with Gasteiger partial charge in [-0.1, -0.05) is 23.2 Å². The van der Waals surface area contributed by atoms with Gasteiger partial charge in [-0.25, -0.2) is 8.94 Å². The SMILES string of the molecule is O=c1cc(Cl)sn1C(c1cscn1)c1ccc(Cl)s1. The normalized spacial score (nSPS) is 12.7. The second-order valence-electron chi connectivity index (χ2n) is 3.66. The molecule has 0 aliphatic carbocycles. The number of aromatic nitrogens is 2. The topological polar surface area (TPSA) is 34.9 Å². The molecule has 3 heterocycles. The number of thiazole rings is 1. The van der Waals surface area contributed by atoms with Crippen molar-refractivity contribution in [3.8, 4) is 0 Å².